The van der Waals surface area contributed by atoms with E-state index in [0.717, 1.165) is 11.1 Å². The van der Waals surface area contributed by atoms with Gasteiger partial charge < -0.3 is 10.1 Å². The summed E-state index contributed by atoms with van der Waals surface area (Å²) in [5.41, 5.74) is 2.28. The van der Waals surface area contributed by atoms with Crippen LogP contribution in [0.2, 0.25) is 0 Å². The molecule has 0 amide bonds. The van der Waals surface area contributed by atoms with E-state index < -0.39 is 0 Å². The minimum Gasteiger partial charge on any atom is -0.380 e. The molecule has 0 saturated heterocycles. The van der Waals surface area contributed by atoms with Gasteiger partial charge >= 0.3 is 0 Å². The Hall–Kier alpha value is -1.94. The van der Waals surface area contributed by atoms with Crippen LogP contribution in [0.15, 0.2) is 42.6 Å². The van der Waals surface area contributed by atoms with Gasteiger partial charge in [0.15, 0.2) is 0 Å². The molecule has 3 nitrogen and oxygen atoms in total. The maximum atomic E-state index is 12.7. The second-order valence-corrected chi connectivity index (χ2v) is 3.92. The van der Waals surface area contributed by atoms with E-state index in [9.17, 15) is 4.39 Å². The highest BCUT2D eigenvalue weighted by Gasteiger charge is 2.01. The van der Waals surface area contributed by atoms with Crippen LogP contribution in [-0.2, 0) is 17.9 Å². The molecule has 0 bridgehead atoms. The van der Waals surface area contributed by atoms with Crippen molar-refractivity contribution in [1.82, 2.24) is 4.98 Å². The predicted octanol–water partition coefficient (Wildman–Crippen LogP) is 2.98. The molecule has 94 valence electrons. The Kier molecular flexibility index (Phi) is 4.25. The molecule has 0 fully saturated rings. The number of methoxy groups -OCH3 is 1. The van der Waals surface area contributed by atoms with Crippen LogP contribution in [0.25, 0.3) is 0 Å². The highest BCUT2D eigenvalue weighted by molar-refractivity contribution is 5.37. The van der Waals surface area contributed by atoms with Gasteiger partial charge in [0.1, 0.15) is 11.6 Å². The van der Waals surface area contributed by atoms with Gasteiger partial charge in [-0.15, -0.1) is 0 Å². The Bertz CT molecular complexity index is 499. The van der Waals surface area contributed by atoms with E-state index in [0.29, 0.717) is 19.0 Å². The lowest BCUT2D eigenvalue weighted by atomic mass is 10.1. The molecule has 0 radical (unpaired) electrons. The Balaban J connectivity index is 2.03. The summed E-state index contributed by atoms with van der Waals surface area (Å²) in [5.74, 6) is 0.323. The van der Waals surface area contributed by atoms with E-state index >= 15 is 0 Å². The molecule has 0 unspecified atom stereocenters. The summed E-state index contributed by atoms with van der Waals surface area (Å²) in [4.78, 5) is 3.95. The molecule has 0 aliphatic heterocycles. The van der Waals surface area contributed by atoms with Gasteiger partial charge in [0.2, 0.25) is 0 Å². The fourth-order valence-corrected chi connectivity index (χ4v) is 1.69. The van der Waals surface area contributed by atoms with Crippen LogP contribution in [0.3, 0.4) is 0 Å². The number of halogens is 1. The number of aromatic nitrogens is 1. The first-order chi connectivity index (χ1) is 8.79. The van der Waals surface area contributed by atoms with Crippen LogP contribution in [0.5, 0.6) is 0 Å². The first kappa shape index (κ1) is 12.5. The van der Waals surface area contributed by atoms with Crippen molar-refractivity contribution in [3.05, 3.63) is 59.5 Å². The van der Waals surface area contributed by atoms with Gasteiger partial charge in [-0.1, -0.05) is 24.3 Å². The molecule has 0 aliphatic carbocycles. The van der Waals surface area contributed by atoms with Crippen molar-refractivity contribution < 1.29 is 9.13 Å². The third-order valence-electron chi connectivity index (χ3n) is 2.61. The predicted molar refractivity (Wildman–Crippen MR) is 68.7 cm³/mol. The molecule has 2 aromatic rings. The fraction of sp³-hybridized carbons (Fsp3) is 0.214. The van der Waals surface area contributed by atoms with E-state index in [4.69, 9.17) is 4.74 Å². The minimum atomic E-state index is -0.333. The Morgan fingerprint density at radius 3 is 2.61 bits per heavy atom. The lowest BCUT2D eigenvalue weighted by molar-refractivity contribution is 0.184. The molecule has 1 heterocycles. The molecule has 0 saturated carbocycles. The van der Waals surface area contributed by atoms with Gasteiger partial charge in [-0.2, -0.15) is 0 Å². The molecule has 1 N–H and O–H groups in total. The number of anilines is 1. The number of hydrogen-bond acceptors (Lipinski definition) is 3. The van der Waals surface area contributed by atoms with Gasteiger partial charge in [0.05, 0.1) is 12.8 Å². The SMILES string of the molecule is COCc1ccccc1CNc1ccc(F)cn1. The molecule has 0 spiro atoms. The summed E-state index contributed by atoms with van der Waals surface area (Å²) in [5, 5.41) is 3.15. The molecule has 0 atom stereocenters. The van der Waals surface area contributed by atoms with Crippen LogP contribution in [0, 0.1) is 5.82 Å². The lowest BCUT2D eigenvalue weighted by Gasteiger charge is -2.10. The second-order valence-electron chi connectivity index (χ2n) is 3.92. The average molecular weight is 246 g/mol. The summed E-state index contributed by atoms with van der Waals surface area (Å²) < 4.78 is 17.9. The van der Waals surface area contributed by atoms with Crippen molar-refractivity contribution in [2.75, 3.05) is 12.4 Å². The molecule has 4 heteroatoms. The lowest BCUT2D eigenvalue weighted by Crippen LogP contribution is -2.04. The van der Waals surface area contributed by atoms with Crippen LogP contribution in [0.1, 0.15) is 11.1 Å². The van der Waals surface area contributed by atoms with Crippen molar-refractivity contribution in [3.63, 3.8) is 0 Å². The fourth-order valence-electron chi connectivity index (χ4n) is 1.69. The monoisotopic (exact) mass is 246 g/mol. The van der Waals surface area contributed by atoms with Gasteiger partial charge in [-0.25, -0.2) is 9.37 Å². The zero-order valence-corrected chi connectivity index (χ0v) is 10.2. The summed E-state index contributed by atoms with van der Waals surface area (Å²) in [6.45, 7) is 1.22. The number of hydrogen-bond donors (Lipinski definition) is 1. The van der Waals surface area contributed by atoms with Crippen LogP contribution in [0.4, 0.5) is 10.2 Å². The summed E-state index contributed by atoms with van der Waals surface area (Å²) >= 11 is 0. The summed E-state index contributed by atoms with van der Waals surface area (Å²) in [6.07, 6.45) is 1.20. The Labute approximate surface area is 106 Å². The highest BCUT2D eigenvalue weighted by atomic mass is 19.1. The molecule has 2 rings (SSSR count). The quantitative estimate of drug-likeness (QED) is 0.880. The minimum absolute atomic E-state index is 0.333. The first-order valence-corrected chi connectivity index (χ1v) is 5.71. The van der Waals surface area contributed by atoms with Crippen molar-refractivity contribution in [2.24, 2.45) is 0 Å². The van der Waals surface area contributed by atoms with E-state index in [1.807, 2.05) is 24.3 Å². The number of ether oxygens (including phenoxy) is 1. The number of rotatable bonds is 5. The standard InChI is InChI=1S/C14H15FN2O/c1-18-10-12-5-3-2-4-11(12)8-16-14-7-6-13(15)9-17-14/h2-7,9H,8,10H2,1H3,(H,16,17). The molecular weight excluding hydrogens is 231 g/mol. The summed E-state index contributed by atoms with van der Waals surface area (Å²) in [6, 6.07) is 11.0. The molecule has 0 aliphatic rings. The first-order valence-electron chi connectivity index (χ1n) is 5.71. The van der Waals surface area contributed by atoms with Crippen molar-refractivity contribution in [2.45, 2.75) is 13.2 Å². The molecular formula is C14H15FN2O. The van der Waals surface area contributed by atoms with E-state index in [-0.39, 0.29) is 5.82 Å². The largest absolute Gasteiger partial charge is 0.380 e. The van der Waals surface area contributed by atoms with Crippen molar-refractivity contribution >= 4 is 5.82 Å². The maximum absolute atomic E-state index is 12.7. The highest BCUT2D eigenvalue weighted by Crippen LogP contribution is 2.12. The molecule has 18 heavy (non-hydrogen) atoms. The second kappa shape index (κ2) is 6.12. The zero-order valence-electron chi connectivity index (χ0n) is 10.2. The zero-order chi connectivity index (χ0) is 12.8. The number of nitrogens with zero attached hydrogens (tertiary/aromatic N) is 1. The number of benzene rings is 1. The third-order valence-corrected chi connectivity index (χ3v) is 2.61. The van der Waals surface area contributed by atoms with E-state index in [1.165, 1.54) is 12.3 Å². The van der Waals surface area contributed by atoms with Crippen LogP contribution in [-0.4, -0.2) is 12.1 Å². The normalized spacial score (nSPS) is 10.3. The maximum Gasteiger partial charge on any atom is 0.141 e. The van der Waals surface area contributed by atoms with E-state index in [1.54, 1.807) is 13.2 Å². The van der Waals surface area contributed by atoms with Crippen LogP contribution >= 0.6 is 0 Å². The average Bonchev–Trinajstić information content (AvgIpc) is 2.40. The van der Waals surface area contributed by atoms with Gasteiger partial charge in [0.25, 0.3) is 0 Å². The van der Waals surface area contributed by atoms with Gasteiger partial charge in [0, 0.05) is 13.7 Å². The smallest absolute Gasteiger partial charge is 0.141 e. The summed E-state index contributed by atoms with van der Waals surface area (Å²) in [7, 11) is 1.67. The topological polar surface area (TPSA) is 34.1 Å². The van der Waals surface area contributed by atoms with Crippen molar-refractivity contribution in [3.8, 4) is 0 Å². The van der Waals surface area contributed by atoms with Crippen molar-refractivity contribution in [1.29, 1.82) is 0 Å². The van der Waals surface area contributed by atoms with E-state index in [2.05, 4.69) is 10.3 Å². The third kappa shape index (κ3) is 3.28. The number of pyridine rings is 1. The van der Waals surface area contributed by atoms with Crippen LogP contribution < -0.4 is 5.32 Å². The van der Waals surface area contributed by atoms with Gasteiger partial charge in [-0.05, 0) is 23.3 Å². The molecule has 1 aromatic carbocycles. The Morgan fingerprint density at radius 2 is 1.94 bits per heavy atom. The number of nitrogens with one attached hydrogen (secondary N) is 1. The Morgan fingerprint density at radius 1 is 1.17 bits per heavy atom. The molecule has 1 aromatic heterocycles. The van der Waals surface area contributed by atoms with Gasteiger partial charge in [-0.3, -0.25) is 0 Å².